The van der Waals surface area contributed by atoms with Gasteiger partial charge in [0.2, 0.25) is 0 Å². The number of nitrogens with one attached hydrogen (secondary N) is 2. The first-order chi connectivity index (χ1) is 18.4. The molecule has 1 aliphatic heterocycles. The molecule has 0 aromatic heterocycles. The average molecular weight is 559 g/mol. The Morgan fingerprint density at radius 2 is 1.67 bits per heavy atom. The number of rotatable bonds is 9. The van der Waals surface area contributed by atoms with E-state index in [1.54, 1.807) is 57.2 Å². The lowest BCUT2D eigenvalue weighted by Gasteiger charge is -2.37. The number of imide groups is 1. The zero-order chi connectivity index (χ0) is 28.8. The Balaban J connectivity index is 1.88. The number of quaternary nitrogens is 1. The molecule has 10 nitrogen and oxygen atoms in total. The van der Waals surface area contributed by atoms with Crippen LogP contribution in [0.4, 0.5) is 4.79 Å². The van der Waals surface area contributed by atoms with Crippen LogP contribution in [0.25, 0.3) is 0 Å². The molecule has 39 heavy (non-hydrogen) atoms. The molecule has 1 aliphatic rings. The van der Waals surface area contributed by atoms with Crippen LogP contribution in [0.2, 0.25) is 5.02 Å². The molecule has 3 N–H and O–H groups in total. The molecule has 1 fully saturated rings. The van der Waals surface area contributed by atoms with Gasteiger partial charge < -0.3 is 20.0 Å². The summed E-state index contributed by atoms with van der Waals surface area (Å²) in [6, 6.07) is 10.5. The Bertz CT molecular complexity index is 1240. The maximum Gasteiger partial charge on any atom is 0.424 e. The minimum absolute atomic E-state index is 0.0595. The topological polar surface area (TPSA) is 139 Å². The Kier molecular flexibility index (Phi) is 9.47. The number of urea groups is 1. The van der Waals surface area contributed by atoms with Gasteiger partial charge in [0.25, 0.3) is 5.91 Å². The predicted octanol–water partition coefficient (Wildman–Crippen LogP) is 4.17. The number of aldehydes is 1. The fourth-order valence-electron chi connectivity index (χ4n) is 4.49. The number of carboxylic acids is 1. The van der Waals surface area contributed by atoms with Crippen LogP contribution in [0.15, 0.2) is 48.5 Å². The third-order valence-electron chi connectivity index (χ3n) is 6.58. The van der Waals surface area contributed by atoms with Crippen LogP contribution in [0.3, 0.4) is 0 Å². The minimum Gasteiger partial charge on any atom is -0.481 e. The van der Waals surface area contributed by atoms with E-state index in [9.17, 15) is 24.0 Å². The van der Waals surface area contributed by atoms with Crippen LogP contribution in [0.1, 0.15) is 50.4 Å². The van der Waals surface area contributed by atoms with Gasteiger partial charge in [0.15, 0.2) is 6.04 Å². The molecule has 0 aliphatic carbocycles. The quantitative estimate of drug-likeness (QED) is 0.310. The van der Waals surface area contributed by atoms with Crippen molar-refractivity contribution in [3.63, 3.8) is 0 Å². The van der Waals surface area contributed by atoms with E-state index in [4.69, 9.17) is 21.4 Å². The van der Waals surface area contributed by atoms with Gasteiger partial charge in [0, 0.05) is 12.8 Å². The van der Waals surface area contributed by atoms with E-state index in [2.05, 4.69) is 10.6 Å². The molecule has 208 valence electrons. The summed E-state index contributed by atoms with van der Waals surface area (Å²) in [5, 5.41) is 14.3. The summed E-state index contributed by atoms with van der Waals surface area (Å²) in [7, 11) is 0. The van der Waals surface area contributed by atoms with Crippen molar-refractivity contribution in [2.75, 3.05) is 13.1 Å². The Morgan fingerprint density at radius 1 is 1.03 bits per heavy atom. The van der Waals surface area contributed by atoms with Crippen molar-refractivity contribution < 1.29 is 38.3 Å². The Hall–Kier alpha value is -3.76. The van der Waals surface area contributed by atoms with Crippen LogP contribution >= 0.6 is 11.6 Å². The summed E-state index contributed by atoms with van der Waals surface area (Å²) in [5.41, 5.74) is -0.719. The molecule has 4 amide bonds. The number of nitrogens with zero attached hydrogens (tertiary/aromatic N) is 1. The van der Waals surface area contributed by atoms with E-state index in [1.165, 1.54) is 6.07 Å². The molecule has 1 heterocycles. The van der Waals surface area contributed by atoms with E-state index in [1.807, 2.05) is 6.07 Å². The molecular formula is C28H33ClN3O7+. The lowest BCUT2D eigenvalue weighted by molar-refractivity contribution is -0.761. The average Bonchev–Trinajstić information content (AvgIpc) is 3.39. The van der Waals surface area contributed by atoms with Gasteiger partial charge >= 0.3 is 17.9 Å². The van der Waals surface area contributed by atoms with Gasteiger partial charge in [-0.05, 0) is 29.7 Å². The number of carboxylic acid groups (broad SMARTS) is 1. The summed E-state index contributed by atoms with van der Waals surface area (Å²) >= 11 is 6.53. The van der Waals surface area contributed by atoms with E-state index < -0.39 is 52.2 Å². The summed E-state index contributed by atoms with van der Waals surface area (Å²) in [4.78, 5) is 63.3. The number of aliphatic carboxylic acids is 1. The van der Waals surface area contributed by atoms with Gasteiger partial charge in [-0.25, -0.2) is 9.59 Å². The van der Waals surface area contributed by atoms with Crippen LogP contribution in [0, 0.1) is 5.41 Å². The first-order valence-corrected chi connectivity index (χ1v) is 13.0. The summed E-state index contributed by atoms with van der Waals surface area (Å²) in [6.45, 7) is 5.60. The lowest BCUT2D eigenvalue weighted by atomic mass is 9.85. The second kappa shape index (κ2) is 12.4. The highest BCUT2D eigenvalue weighted by molar-refractivity contribution is 6.35. The number of likely N-dealkylation sites (tertiary alicyclic amines) is 1. The number of carbonyl (C=O) groups excluding carboxylic acids is 4. The summed E-state index contributed by atoms with van der Waals surface area (Å²) in [6.07, 6.45) is 0.861. The number of hydrogen-bond donors (Lipinski definition) is 3. The summed E-state index contributed by atoms with van der Waals surface area (Å²) < 4.78 is 5.16. The fraction of sp³-hybridized carbons (Fsp3) is 0.393. The lowest BCUT2D eigenvalue weighted by Crippen LogP contribution is -2.67. The highest BCUT2D eigenvalue weighted by atomic mass is 35.5. The van der Waals surface area contributed by atoms with Crippen molar-refractivity contribution in [3.05, 3.63) is 59.1 Å². The largest absolute Gasteiger partial charge is 0.481 e. The Labute approximate surface area is 231 Å². The number of benzene rings is 2. The normalized spacial score (nSPS) is 16.0. The summed E-state index contributed by atoms with van der Waals surface area (Å²) in [5.74, 6) is -1.65. The molecule has 3 rings (SSSR count). The number of ether oxygens (including phenoxy) is 1. The van der Waals surface area contributed by atoms with Gasteiger partial charge in [-0.1, -0.05) is 56.6 Å². The zero-order valence-electron chi connectivity index (χ0n) is 22.1. The first-order valence-electron chi connectivity index (χ1n) is 12.6. The molecule has 2 aromatic carbocycles. The fourth-order valence-corrected chi connectivity index (χ4v) is 4.74. The second-order valence-electron chi connectivity index (χ2n) is 10.6. The van der Waals surface area contributed by atoms with Crippen molar-refractivity contribution in [2.45, 2.75) is 52.1 Å². The van der Waals surface area contributed by atoms with Gasteiger partial charge in [-0.2, -0.15) is 4.48 Å². The van der Waals surface area contributed by atoms with Crippen molar-refractivity contribution >= 4 is 41.7 Å². The molecular weight excluding hydrogens is 526 g/mol. The van der Waals surface area contributed by atoms with E-state index in [0.29, 0.717) is 24.9 Å². The molecule has 1 saturated heterocycles. The number of para-hydroxylation sites is 1. The van der Waals surface area contributed by atoms with Crippen LogP contribution in [-0.4, -0.2) is 64.9 Å². The monoisotopic (exact) mass is 558 g/mol. The highest BCUT2D eigenvalue weighted by Gasteiger charge is 2.53. The standard InChI is InChI=1S/C28H32ClN3O7/c1-28(2,3)24(26(37)32(14-7-8-15-32)27(38)30-18(17-33)16-22(34)35)31-25(36)20-12-9-13-21(23(20)29)39-19-10-5-4-6-11-19/h4-6,9-13,17-18,24H,7-8,14-16H2,1-3H3,(H2-,30,31,34,35,36,38)/p+1/t18-,24+/m0/s1. The molecule has 2 aromatic rings. The van der Waals surface area contributed by atoms with Gasteiger partial charge in [-0.15, -0.1) is 0 Å². The van der Waals surface area contributed by atoms with E-state index in [-0.39, 0.29) is 29.4 Å². The van der Waals surface area contributed by atoms with Crippen molar-refractivity contribution in [3.8, 4) is 11.5 Å². The Morgan fingerprint density at radius 3 is 2.23 bits per heavy atom. The first kappa shape index (κ1) is 29.8. The number of carbonyl (C=O) groups is 5. The minimum atomic E-state index is -1.28. The maximum absolute atomic E-state index is 14.0. The molecule has 0 bridgehead atoms. The van der Waals surface area contributed by atoms with Gasteiger partial charge in [0.05, 0.1) is 30.1 Å². The van der Waals surface area contributed by atoms with Gasteiger partial charge in [0.1, 0.15) is 23.8 Å². The molecule has 0 radical (unpaired) electrons. The smallest absolute Gasteiger partial charge is 0.424 e. The molecule has 2 atom stereocenters. The van der Waals surface area contributed by atoms with Crippen molar-refractivity contribution in [1.29, 1.82) is 0 Å². The number of amides is 4. The SMILES string of the molecule is CC(C)(C)[C@H](NC(=O)c1cccc(Oc2ccccc2)c1Cl)C(=O)[N+]1(C(=O)N[C@H](C=O)CC(=O)O)CCCC1. The second-order valence-corrected chi connectivity index (χ2v) is 10.9. The molecule has 0 unspecified atom stereocenters. The number of halogens is 1. The van der Waals surface area contributed by atoms with Crippen molar-refractivity contribution in [1.82, 2.24) is 10.6 Å². The predicted molar refractivity (Wildman–Crippen MR) is 144 cm³/mol. The number of hydrogen-bond acceptors (Lipinski definition) is 6. The molecule has 0 spiro atoms. The molecule has 11 heteroatoms. The van der Waals surface area contributed by atoms with E-state index >= 15 is 0 Å². The van der Waals surface area contributed by atoms with Crippen LogP contribution in [-0.2, 0) is 14.4 Å². The highest BCUT2D eigenvalue weighted by Crippen LogP contribution is 2.33. The maximum atomic E-state index is 14.0. The van der Waals surface area contributed by atoms with Gasteiger partial charge in [-0.3, -0.25) is 14.9 Å². The van der Waals surface area contributed by atoms with E-state index in [0.717, 1.165) is 0 Å². The molecule has 0 saturated carbocycles. The third-order valence-corrected chi connectivity index (χ3v) is 6.97. The van der Waals surface area contributed by atoms with Crippen LogP contribution in [0.5, 0.6) is 11.5 Å². The zero-order valence-corrected chi connectivity index (χ0v) is 22.9. The van der Waals surface area contributed by atoms with Crippen molar-refractivity contribution in [2.24, 2.45) is 5.41 Å². The third kappa shape index (κ3) is 7.01. The van der Waals surface area contributed by atoms with Crippen LogP contribution < -0.4 is 15.4 Å².